The Morgan fingerprint density at radius 3 is 2.76 bits per heavy atom. The third kappa shape index (κ3) is 3.10. The molecule has 1 aliphatic rings. The fourth-order valence-corrected chi connectivity index (χ4v) is 3.11. The Balaban J connectivity index is 1.58. The third-order valence-electron chi connectivity index (χ3n) is 4.42. The Morgan fingerprint density at radius 1 is 1.08 bits per heavy atom. The first-order chi connectivity index (χ1) is 12.2. The number of halogens is 1. The van der Waals surface area contributed by atoms with Crippen molar-refractivity contribution in [3.63, 3.8) is 0 Å². The Morgan fingerprint density at radius 2 is 1.88 bits per heavy atom. The molecule has 0 saturated carbocycles. The van der Waals surface area contributed by atoms with E-state index in [1.54, 1.807) is 29.2 Å². The van der Waals surface area contributed by atoms with Crippen molar-refractivity contribution in [1.29, 1.82) is 0 Å². The molecule has 126 valence electrons. The molecule has 0 unspecified atom stereocenters. The number of carbonyl (C=O) groups excluding carboxylic acids is 1. The van der Waals surface area contributed by atoms with Crippen LogP contribution < -0.4 is 0 Å². The number of rotatable bonds is 2. The standard InChI is InChI=1S/C20H17FN2O2/c21-16-7-3-2-6-15(16)19-13-23(11-12-25-19)20(24)18-10-9-14-5-1-4-8-17(14)22-18/h1-10,19H,11-13H2/t19-/m0/s1. The summed E-state index contributed by atoms with van der Waals surface area (Å²) in [6.45, 7) is 1.16. The summed E-state index contributed by atoms with van der Waals surface area (Å²) in [6.07, 6.45) is -0.459. The molecule has 0 bridgehead atoms. The lowest BCUT2D eigenvalue weighted by atomic mass is 10.1. The normalized spacial score (nSPS) is 17.6. The minimum absolute atomic E-state index is 0.157. The number of para-hydroxylation sites is 1. The van der Waals surface area contributed by atoms with Gasteiger partial charge in [-0.15, -0.1) is 0 Å². The second kappa shape index (κ2) is 6.61. The molecule has 4 nitrogen and oxygen atoms in total. The number of hydrogen-bond donors (Lipinski definition) is 0. The van der Waals surface area contributed by atoms with Crippen molar-refractivity contribution < 1.29 is 13.9 Å². The molecular formula is C20H17FN2O2. The van der Waals surface area contributed by atoms with Gasteiger partial charge in [-0.05, 0) is 18.2 Å². The van der Waals surface area contributed by atoms with Gasteiger partial charge in [0.2, 0.25) is 0 Å². The van der Waals surface area contributed by atoms with Gasteiger partial charge in [-0.1, -0.05) is 42.5 Å². The van der Waals surface area contributed by atoms with E-state index in [0.29, 0.717) is 31.0 Å². The lowest BCUT2D eigenvalue weighted by Gasteiger charge is -2.33. The highest BCUT2D eigenvalue weighted by Crippen LogP contribution is 2.25. The molecule has 0 N–H and O–H groups in total. The Hall–Kier alpha value is -2.79. The van der Waals surface area contributed by atoms with E-state index in [1.165, 1.54) is 6.07 Å². The molecule has 5 heteroatoms. The van der Waals surface area contributed by atoms with E-state index < -0.39 is 6.10 Å². The average Bonchev–Trinajstić information content (AvgIpc) is 2.67. The third-order valence-corrected chi connectivity index (χ3v) is 4.42. The maximum Gasteiger partial charge on any atom is 0.272 e. The van der Waals surface area contributed by atoms with Gasteiger partial charge in [-0.2, -0.15) is 0 Å². The smallest absolute Gasteiger partial charge is 0.272 e. The molecule has 2 aromatic carbocycles. The van der Waals surface area contributed by atoms with Crippen LogP contribution >= 0.6 is 0 Å². The molecular weight excluding hydrogens is 319 g/mol. The monoisotopic (exact) mass is 336 g/mol. The minimum atomic E-state index is -0.459. The van der Waals surface area contributed by atoms with E-state index in [2.05, 4.69) is 4.98 Å². The topological polar surface area (TPSA) is 42.4 Å². The van der Waals surface area contributed by atoms with Gasteiger partial charge in [0.1, 0.15) is 17.6 Å². The van der Waals surface area contributed by atoms with E-state index in [1.807, 2.05) is 30.3 Å². The summed E-state index contributed by atoms with van der Waals surface area (Å²) in [5.41, 5.74) is 1.66. The number of fused-ring (bicyclic) bond motifs is 1. The molecule has 1 fully saturated rings. The molecule has 1 saturated heterocycles. The van der Waals surface area contributed by atoms with Gasteiger partial charge in [0, 0.05) is 17.5 Å². The van der Waals surface area contributed by atoms with Gasteiger partial charge in [-0.25, -0.2) is 9.37 Å². The molecule has 1 aromatic heterocycles. The van der Waals surface area contributed by atoms with Crippen molar-refractivity contribution in [3.8, 4) is 0 Å². The Labute approximate surface area is 144 Å². The minimum Gasteiger partial charge on any atom is -0.370 e. The van der Waals surface area contributed by atoms with Gasteiger partial charge in [0.15, 0.2) is 0 Å². The summed E-state index contributed by atoms with van der Waals surface area (Å²) in [6, 6.07) is 17.8. The second-order valence-electron chi connectivity index (χ2n) is 6.02. The van der Waals surface area contributed by atoms with Crippen LogP contribution in [0.1, 0.15) is 22.2 Å². The number of hydrogen-bond acceptors (Lipinski definition) is 3. The summed E-state index contributed by atoms with van der Waals surface area (Å²) in [4.78, 5) is 19.0. The van der Waals surface area contributed by atoms with Crippen LogP contribution in [0.25, 0.3) is 10.9 Å². The summed E-state index contributed by atoms with van der Waals surface area (Å²) in [5, 5.41) is 0.991. The maximum absolute atomic E-state index is 14.0. The Bertz CT molecular complexity index is 928. The van der Waals surface area contributed by atoms with Crippen LogP contribution in [0, 0.1) is 5.82 Å². The zero-order valence-corrected chi connectivity index (χ0v) is 13.6. The number of benzene rings is 2. The molecule has 4 rings (SSSR count). The predicted octanol–water partition coefficient (Wildman–Crippen LogP) is 3.59. The molecule has 1 aliphatic heterocycles. The number of morpholine rings is 1. The summed E-state index contributed by atoms with van der Waals surface area (Å²) in [7, 11) is 0. The molecule has 0 spiro atoms. The molecule has 0 aliphatic carbocycles. The van der Waals surface area contributed by atoms with Crippen LogP contribution in [-0.4, -0.2) is 35.5 Å². The van der Waals surface area contributed by atoms with E-state index in [4.69, 9.17) is 4.74 Å². The summed E-state index contributed by atoms with van der Waals surface area (Å²) in [5.74, 6) is -0.471. The number of aromatic nitrogens is 1. The lowest BCUT2D eigenvalue weighted by molar-refractivity contribution is -0.0244. The Kier molecular flexibility index (Phi) is 4.15. The van der Waals surface area contributed by atoms with E-state index in [-0.39, 0.29) is 11.7 Å². The first-order valence-corrected chi connectivity index (χ1v) is 8.23. The van der Waals surface area contributed by atoms with Gasteiger partial charge < -0.3 is 9.64 Å². The van der Waals surface area contributed by atoms with Gasteiger partial charge >= 0.3 is 0 Å². The van der Waals surface area contributed by atoms with Crippen molar-refractivity contribution in [2.75, 3.05) is 19.7 Å². The summed E-state index contributed by atoms with van der Waals surface area (Å²) < 4.78 is 19.7. The van der Waals surface area contributed by atoms with Crippen molar-refractivity contribution >= 4 is 16.8 Å². The number of amides is 1. The molecule has 3 aromatic rings. The van der Waals surface area contributed by atoms with Crippen LogP contribution in [0.3, 0.4) is 0 Å². The number of pyridine rings is 1. The zero-order valence-electron chi connectivity index (χ0n) is 13.6. The van der Waals surface area contributed by atoms with Crippen molar-refractivity contribution in [2.24, 2.45) is 0 Å². The van der Waals surface area contributed by atoms with Gasteiger partial charge in [-0.3, -0.25) is 4.79 Å². The van der Waals surface area contributed by atoms with Crippen molar-refractivity contribution in [2.45, 2.75) is 6.10 Å². The number of nitrogens with zero attached hydrogens (tertiary/aromatic N) is 2. The number of ether oxygens (including phenoxy) is 1. The van der Waals surface area contributed by atoms with E-state index in [0.717, 1.165) is 10.9 Å². The molecule has 1 atom stereocenters. The van der Waals surface area contributed by atoms with Crippen LogP contribution in [0.4, 0.5) is 4.39 Å². The highest BCUT2D eigenvalue weighted by atomic mass is 19.1. The zero-order chi connectivity index (χ0) is 17.2. The molecule has 2 heterocycles. The predicted molar refractivity (Wildman–Crippen MR) is 92.7 cm³/mol. The number of carbonyl (C=O) groups is 1. The van der Waals surface area contributed by atoms with Crippen LogP contribution in [0.5, 0.6) is 0 Å². The highest BCUT2D eigenvalue weighted by molar-refractivity contribution is 5.95. The van der Waals surface area contributed by atoms with E-state index >= 15 is 0 Å². The van der Waals surface area contributed by atoms with Crippen molar-refractivity contribution in [3.05, 3.63) is 77.7 Å². The van der Waals surface area contributed by atoms with Crippen LogP contribution in [-0.2, 0) is 4.74 Å². The average molecular weight is 336 g/mol. The van der Waals surface area contributed by atoms with Crippen LogP contribution in [0.2, 0.25) is 0 Å². The lowest BCUT2D eigenvalue weighted by Crippen LogP contribution is -2.42. The molecule has 0 radical (unpaired) electrons. The van der Waals surface area contributed by atoms with Gasteiger partial charge in [0.05, 0.1) is 18.7 Å². The maximum atomic E-state index is 14.0. The fourth-order valence-electron chi connectivity index (χ4n) is 3.11. The highest BCUT2D eigenvalue weighted by Gasteiger charge is 2.28. The van der Waals surface area contributed by atoms with Crippen LogP contribution in [0.15, 0.2) is 60.7 Å². The second-order valence-corrected chi connectivity index (χ2v) is 6.02. The van der Waals surface area contributed by atoms with Gasteiger partial charge in [0.25, 0.3) is 5.91 Å². The first kappa shape index (κ1) is 15.7. The summed E-state index contributed by atoms with van der Waals surface area (Å²) >= 11 is 0. The largest absolute Gasteiger partial charge is 0.370 e. The first-order valence-electron chi connectivity index (χ1n) is 8.23. The fraction of sp³-hybridized carbons (Fsp3) is 0.200. The molecule has 25 heavy (non-hydrogen) atoms. The SMILES string of the molecule is O=C(c1ccc2ccccc2n1)N1CCO[C@H](c2ccccc2F)C1. The van der Waals surface area contributed by atoms with E-state index in [9.17, 15) is 9.18 Å². The van der Waals surface area contributed by atoms with Crippen molar-refractivity contribution in [1.82, 2.24) is 9.88 Å². The molecule has 1 amide bonds. The quantitative estimate of drug-likeness (QED) is 0.718.